The first kappa shape index (κ1) is 22.1. The Bertz CT molecular complexity index is 1090. The number of carbonyl (C=O) groups is 1. The first-order valence-electron chi connectivity index (χ1n) is 12.3. The van der Waals surface area contributed by atoms with Gasteiger partial charge in [0.05, 0.1) is 11.2 Å². The van der Waals surface area contributed by atoms with Crippen molar-refractivity contribution in [3.8, 4) is 0 Å². The van der Waals surface area contributed by atoms with Gasteiger partial charge in [0, 0.05) is 37.0 Å². The normalized spacial score (nSPS) is 20.0. The van der Waals surface area contributed by atoms with Gasteiger partial charge < -0.3 is 10.4 Å². The maximum atomic E-state index is 13.4. The number of likely N-dealkylation sites (tertiary alicyclic amines) is 1. The minimum atomic E-state index is -1.44. The molecule has 1 aliphatic carbocycles. The molecule has 1 aliphatic heterocycles. The number of pyridine rings is 1. The van der Waals surface area contributed by atoms with Crippen molar-refractivity contribution in [1.29, 1.82) is 0 Å². The topological polar surface area (TPSA) is 65.5 Å². The fourth-order valence-corrected chi connectivity index (χ4v) is 5.54. The van der Waals surface area contributed by atoms with E-state index in [2.05, 4.69) is 34.5 Å². The van der Waals surface area contributed by atoms with Crippen LogP contribution in [0.15, 0.2) is 66.7 Å². The predicted molar refractivity (Wildman–Crippen MR) is 130 cm³/mol. The van der Waals surface area contributed by atoms with Crippen molar-refractivity contribution in [2.45, 2.75) is 56.7 Å². The van der Waals surface area contributed by atoms with E-state index >= 15 is 0 Å². The second-order valence-corrected chi connectivity index (χ2v) is 9.63. The van der Waals surface area contributed by atoms with Crippen molar-refractivity contribution in [1.82, 2.24) is 15.2 Å². The summed E-state index contributed by atoms with van der Waals surface area (Å²) in [5, 5.41) is 16.1. The summed E-state index contributed by atoms with van der Waals surface area (Å²) in [7, 11) is 0. The number of piperidine rings is 1. The summed E-state index contributed by atoms with van der Waals surface area (Å²) in [6, 6.07) is 22.0. The van der Waals surface area contributed by atoms with E-state index in [0.717, 1.165) is 74.8 Å². The maximum absolute atomic E-state index is 13.4. The monoisotopic (exact) mass is 443 g/mol. The van der Waals surface area contributed by atoms with E-state index < -0.39 is 5.60 Å². The van der Waals surface area contributed by atoms with Crippen LogP contribution in [0.2, 0.25) is 0 Å². The Labute approximate surface area is 195 Å². The molecule has 5 nitrogen and oxygen atoms in total. The predicted octanol–water partition coefficient (Wildman–Crippen LogP) is 4.39. The fourth-order valence-electron chi connectivity index (χ4n) is 5.54. The minimum absolute atomic E-state index is 0.0148. The third-order valence-electron chi connectivity index (χ3n) is 7.47. The van der Waals surface area contributed by atoms with Crippen molar-refractivity contribution < 1.29 is 9.90 Å². The van der Waals surface area contributed by atoms with Crippen molar-refractivity contribution in [2.24, 2.45) is 5.92 Å². The summed E-state index contributed by atoms with van der Waals surface area (Å²) in [5.41, 5.74) is 1.39. The molecule has 2 heterocycles. The number of benzene rings is 2. The van der Waals surface area contributed by atoms with Crippen LogP contribution in [0.5, 0.6) is 0 Å². The minimum Gasteiger partial charge on any atom is -0.375 e. The molecule has 2 aromatic carbocycles. The summed E-state index contributed by atoms with van der Waals surface area (Å²) >= 11 is 0. The molecule has 3 aromatic rings. The molecule has 172 valence electrons. The Morgan fingerprint density at radius 2 is 1.64 bits per heavy atom. The van der Waals surface area contributed by atoms with Crippen LogP contribution in [0.4, 0.5) is 0 Å². The lowest BCUT2D eigenvalue weighted by Gasteiger charge is -2.37. The van der Waals surface area contributed by atoms with Crippen LogP contribution >= 0.6 is 0 Å². The molecule has 2 aliphatic rings. The number of fused-ring (bicyclic) bond motifs is 1. The van der Waals surface area contributed by atoms with E-state index in [0.29, 0.717) is 5.56 Å². The second-order valence-electron chi connectivity index (χ2n) is 9.63. The van der Waals surface area contributed by atoms with Gasteiger partial charge >= 0.3 is 0 Å². The van der Waals surface area contributed by atoms with Gasteiger partial charge in [-0.05, 0) is 43.4 Å². The Hall–Kier alpha value is -2.76. The van der Waals surface area contributed by atoms with E-state index in [1.807, 2.05) is 42.5 Å². The molecule has 33 heavy (non-hydrogen) atoms. The summed E-state index contributed by atoms with van der Waals surface area (Å²) < 4.78 is 0. The lowest BCUT2D eigenvalue weighted by atomic mass is 9.79. The maximum Gasteiger partial charge on any atom is 0.257 e. The number of hydrogen-bond donors (Lipinski definition) is 2. The van der Waals surface area contributed by atoms with Gasteiger partial charge in [-0.3, -0.25) is 14.7 Å². The molecule has 0 spiro atoms. The highest BCUT2D eigenvalue weighted by molar-refractivity contribution is 5.87. The van der Waals surface area contributed by atoms with Crippen molar-refractivity contribution >= 4 is 16.8 Å². The van der Waals surface area contributed by atoms with Gasteiger partial charge in [-0.15, -0.1) is 0 Å². The highest BCUT2D eigenvalue weighted by atomic mass is 16.3. The number of hydrogen-bond acceptors (Lipinski definition) is 4. The zero-order chi connectivity index (χ0) is 22.7. The largest absolute Gasteiger partial charge is 0.375 e. The lowest BCUT2D eigenvalue weighted by Crippen LogP contribution is -2.54. The molecule has 1 atom stereocenters. The van der Waals surface area contributed by atoms with Crippen LogP contribution < -0.4 is 5.32 Å². The van der Waals surface area contributed by atoms with Crippen molar-refractivity contribution in [2.75, 3.05) is 13.1 Å². The van der Waals surface area contributed by atoms with E-state index in [1.54, 1.807) is 0 Å². The number of amides is 1. The molecule has 0 bridgehead atoms. The van der Waals surface area contributed by atoms with Gasteiger partial charge in [0.2, 0.25) is 0 Å². The smallest absolute Gasteiger partial charge is 0.257 e. The van der Waals surface area contributed by atoms with Gasteiger partial charge in [0.15, 0.2) is 5.60 Å². The molecular weight excluding hydrogens is 410 g/mol. The molecule has 1 saturated carbocycles. The standard InChI is InChI=1S/C28H33N3O2/c32-27(28(33,23-11-5-6-12-23)22-9-2-1-3-10-22)30-24-16-18-31(19-17-24)20-25-15-14-21-8-4-7-13-26(21)29-25/h1-4,7-10,13-15,23-24,33H,5-6,11-12,16-20H2,(H,30,32). The second kappa shape index (κ2) is 9.62. The molecule has 1 aromatic heterocycles. The molecule has 2 N–H and O–H groups in total. The summed E-state index contributed by atoms with van der Waals surface area (Å²) in [6.07, 6.45) is 5.72. The molecule has 0 radical (unpaired) electrons. The molecule has 1 amide bonds. The number of nitrogens with zero attached hydrogens (tertiary/aromatic N) is 2. The average molecular weight is 444 g/mol. The van der Waals surface area contributed by atoms with Crippen LogP contribution in [0.3, 0.4) is 0 Å². The summed E-state index contributed by atoms with van der Waals surface area (Å²) in [6.45, 7) is 2.64. The van der Waals surface area contributed by atoms with Crippen LogP contribution in [0.1, 0.15) is 49.8 Å². The van der Waals surface area contributed by atoms with E-state index in [4.69, 9.17) is 4.98 Å². The van der Waals surface area contributed by atoms with Gasteiger partial charge in [-0.2, -0.15) is 0 Å². The van der Waals surface area contributed by atoms with Gasteiger partial charge in [-0.25, -0.2) is 0 Å². The van der Waals surface area contributed by atoms with E-state index in [1.165, 1.54) is 0 Å². The molecule has 5 heteroatoms. The Morgan fingerprint density at radius 3 is 2.39 bits per heavy atom. The van der Waals surface area contributed by atoms with Crippen LogP contribution in [0, 0.1) is 5.92 Å². The van der Waals surface area contributed by atoms with Crippen LogP contribution in [-0.2, 0) is 16.9 Å². The van der Waals surface area contributed by atoms with E-state index in [9.17, 15) is 9.90 Å². The molecule has 1 saturated heterocycles. The Kier molecular flexibility index (Phi) is 6.43. The molecular formula is C28H33N3O2. The molecule has 5 rings (SSSR count). The summed E-state index contributed by atoms with van der Waals surface area (Å²) in [5.74, 6) is -0.241. The highest BCUT2D eigenvalue weighted by Gasteiger charge is 2.46. The molecule has 1 unspecified atom stereocenters. The third-order valence-corrected chi connectivity index (χ3v) is 7.47. The Morgan fingerprint density at radius 1 is 0.939 bits per heavy atom. The number of rotatable bonds is 6. The highest BCUT2D eigenvalue weighted by Crippen LogP contribution is 2.41. The van der Waals surface area contributed by atoms with Crippen LogP contribution in [0.25, 0.3) is 10.9 Å². The lowest BCUT2D eigenvalue weighted by molar-refractivity contribution is -0.148. The van der Waals surface area contributed by atoms with Crippen molar-refractivity contribution in [3.63, 3.8) is 0 Å². The summed E-state index contributed by atoms with van der Waals surface area (Å²) in [4.78, 5) is 20.6. The number of nitrogens with one attached hydrogen (secondary N) is 1. The first-order chi connectivity index (χ1) is 16.1. The third kappa shape index (κ3) is 4.66. The van der Waals surface area contributed by atoms with Crippen LogP contribution in [-0.4, -0.2) is 40.0 Å². The number of carbonyl (C=O) groups excluding carboxylic acids is 1. The Balaban J connectivity index is 1.21. The fraction of sp³-hybridized carbons (Fsp3) is 0.429. The zero-order valence-corrected chi connectivity index (χ0v) is 19.1. The zero-order valence-electron chi connectivity index (χ0n) is 19.1. The average Bonchev–Trinajstić information content (AvgIpc) is 3.41. The number of aliphatic hydroxyl groups is 1. The van der Waals surface area contributed by atoms with Crippen molar-refractivity contribution in [3.05, 3.63) is 78.0 Å². The van der Waals surface area contributed by atoms with Gasteiger partial charge in [-0.1, -0.05) is 67.4 Å². The SMILES string of the molecule is O=C(NC1CCN(Cc2ccc3ccccc3n2)CC1)C(O)(c1ccccc1)C1CCCC1. The first-order valence-corrected chi connectivity index (χ1v) is 12.3. The van der Waals surface area contributed by atoms with Gasteiger partial charge in [0.1, 0.15) is 0 Å². The molecule has 2 fully saturated rings. The van der Waals surface area contributed by atoms with Gasteiger partial charge in [0.25, 0.3) is 5.91 Å². The van der Waals surface area contributed by atoms with E-state index in [-0.39, 0.29) is 17.9 Å². The number of para-hydroxylation sites is 1. The number of aromatic nitrogens is 1. The quantitative estimate of drug-likeness (QED) is 0.593.